The third kappa shape index (κ3) is 2.27. The molecule has 0 radical (unpaired) electrons. The van der Waals surface area contributed by atoms with Crippen LogP contribution in [0.1, 0.15) is 31.4 Å². The third-order valence-electron chi connectivity index (χ3n) is 1.92. The van der Waals surface area contributed by atoms with Gasteiger partial charge in [0.25, 0.3) is 0 Å². The van der Waals surface area contributed by atoms with Crippen molar-refractivity contribution in [2.24, 2.45) is 5.73 Å². The predicted octanol–water partition coefficient (Wildman–Crippen LogP) is 1.32. The summed E-state index contributed by atoms with van der Waals surface area (Å²) in [4.78, 5) is 8.24. The minimum atomic E-state index is 0.378. The van der Waals surface area contributed by atoms with E-state index in [1.165, 1.54) is 0 Å². The zero-order valence-corrected chi connectivity index (χ0v) is 7.40. The summed E-state index contributed by atoms with van der Waals surface area (Å²) in [5, 5.41) is 0. The second-order valence-corrected chi connectivity index (χ2v) is 2.85. The Balaban J connectivity index is 2.66. The van der Waals surface area contributed by atoms with Gasteiger partial charge >= 0.3 is 0 Å². The van der Waals surface area contributed by atoms with Gasteiger partial charge < -0.3 is 5.73 Å². The molecule has 0 fully saturated rings. The summed E-state index contributed by atoms with van der Waals surface area (Å²) in [5.74, 6) is 0.378. The van der Waals surface area contributed by atoms with Crippen LogP contribution >= 0.6 is 0 Å². The Hall–Kier alpha value is -0.960. The van der Waals surface area contributed by atoms with E-state index in [1.54, 1.807) is 18.6 Å². The third-order valence-corrected chi connectivity index (χ3v) is 1.92. The summed E-state index contributed by atoms with van der Waals surface area (Å²) in [6.07, 6.45) is 7.43. The highest BCUT2D eigenvalue weighted by Gasteiger charge is 2.08. The molecule has 66 valence electrons. The quantitative estimate of drug-likeness (QED) is 0.732. The molecule has 0 aliphatic rings. The van der Waals surface area contributed by atoms with Crippen LogP contribution in [-0.4, -0.2) is 16.5 Å². The van der Waals surface area contributed by atoms with Crippen LogP contribution in [0.5, 0.6) is 0 Å². The van der Waals surface area contributed by atoms with Gasteiger partial charge in [-0.15, -0.1) is 0 Å². The van der Waals surface area contributed by atoms with Crippen molar-refractivity contribution in [1.82, 2.24) is 9.97 Å². The van der Waals surface area contributed by atoms with Crippen molar-refractivity contribution in [2.75, 3.05) is 6.54 Å². The molecule has 0 saturated heterocycles. The highest BCUT2D eigenvalue weighted by atomic mass is 14.8. The Morgan fingerprint density at radius 1 is 1.50 bits per heavy atom. The highest BCUT2D eigenvalue weighted by Crippen LogP contribution is 2.15. The monoisotopic (exact) mass is 165 g/mol. The molecule has 1 aromatic heterocycles. The van der Waals surface area contributed by atoms with Crippen molar-refractivity contribution < 1.29 is 0 Å². The SMILES string of the molecule is CCC[C@H](CN)c1cnccn1. The van der Waals surface area contributed by atoms with E-state index in [1.807, 2.05) is 0 Å². The van der Waals surface area contributed by atoms with Crippen molar-refractivity contribution >= 4 is 0 Å². The maximum atomic E-state index is 5.62. The smallest absolute Gasteiger partial charge is 0.0630 e. The Morgan fingerprint density at radius 2 is 2.33 bits per heavy atom. The van der Waals surface area contributed by atoms with Crippen LogP contribution in [0.25, 0.3) is 0 Å². The molecule has 0 unspecified atom stereocenters. The molecule has 0 aliphatic heterocycles. The average molecular weight is 165 g/mol. The first-order chi connectivity index (χ1) is 5.88. The van der Waals surface area contributed by atoms with E-state index in [4.69, 9.17) is 5.73 Å². The summed E-state index contributed by atoms with van der Waals surface area (Å²) < 4.78 is 0. The van der Waals surface area contributed by atoms with E-state index in [2.05, 4.69) is 16.9 Å². The van der Waals surface area contributed by atoms with Gasteiger partial charge in [0.1, 0.15) is 0 Å². The fourth-order valence-electron chi connectivity index (χ4n) is 1.26. The van der Waals surface area contributed by atoms with Crippen molar-refractivity contribution in [3.05, 3.63) is 24.3 Å². The van der Waals surface area contributed by atoms with Crippen LogP contribution in [0.15, 0.2) is 18.6 Å². The van der Waals surface area contributed by atoms with Gasteiger partial charge in [0.15, 0.2) is 0 Å². The molecule has 0 bridgehead atoms. The van der Waals surface area contributed by atoms with Gasteiger partial charge in [-0.2, -0.15) is 0 Å². The average Bonchev–Trinajstić information content (AvgIpc) is 2.15. The van der Waals surface area contributed by atoms with Crippen LogP contribution in [0.4, 0.5) is 0 Å². The van der Waals surface area contributed by atoms with Crippen molar-refractivity contribution in [2.45, 2.75) is 25.7 Å². The van der Waals surface area contributed by atoms with Crippen LogP contribution < -0.4 is 5.73 Å². The fourth-order valence-corrected chi connectivity index (χ4v) is 1.26. The minimum Gasteiger partial charge on any atom is -0.330 e. The Labute approximate surface area is 73.0 Å². The van der Waals surface area contributed by atoms with Gasteiger partial charge in [-0.05, 0) is 6.42 Å². The number of aromatic nitrogens is 2. The molecule has 1 atom stereocenters. The number of rotatable bonds is 4. The first kappa shape index (κ1) is 9.13. The second kappa shape index (κ2) is 4.83. The van der Waals surface area contributed by atoms with E-state index in [0.717, 1.165) is 18.5 Å². The van der Waals surface area contributed by atoms with Crippen LogP contribution in [0, 0.1) is 0 Å². The molecule has 0 saturated carbocycles. The summed E-state index contributed by atoms with van der Waals surface area (Å²) in [7, 11) is 0. The van der Waals surface area contributed by atoms with Crippen molar-refractivity contribution in [1.29, 1.82) is 0 Å². The topological polar surface area (TPSA) is 51.8 Å². The van der Waals surface area contributed by atoms with Gasteiger partial charge in [-0.25, -0.2) is 0 Å². The van der Waals surface area contributed by atoms with Gasteiger partial charge in [-0.1, -0.05) is 13.3 Å². The van der Waals surface area contributed by atoms with Crippen LogP contribution in [-0.2, 0) is 0 Å². The molecule has 0 aromatic carbocycles. The van der Waals surface area contributed by atoms with E-state index >= 15 is 0 Å². The molecule has 12 heavy (non-hydrogen) atoms. The number of hydrogen-bond donors (Lipinski definition) is 1. The van der Waals surface area contributed by atoms with E-state index in [-0.39, 0.29) is 0 Å². The first-order valence-electron chi connectivity index (χ1n) is 4.34. The van der Waals surface area contributed by atoms with Gasteiger partial charge in [0.2, 0.25) is 0 Å². The van der Waals surface area contributed by atoms with Crippen molar-refractivity contribution in [3.63, 3.8) is 0 Å². The molecule has 0 amide bonds. The normalized spacial score (nSPS) is 12.8. The number of nitrogens with two attached hydrogens (primary N) is 1. The van der Waals surface area contributed by atoms with E-state index in [9.17, 15) is 0 Å². The van der Waals surface area contributed by atoms with Gasteiger partial charge in [0.05, 0.1) is 5.69 Å². The van der Waals surface area contributed by atoms with Crippen LogP contribution in [0.2, 0.25) is 0 Å². The first-order valence-corrected chi connectivity index (χ1v) is 4.34. The summed E-state index contributed by atoms with van der Waals surface area (Å²) in [5.41, 5.74) is 6.64. The molecule has 0 aliphatic carbocycles. The lowest BCUT2D eigenvalue weighted by Gasteiger charge is -2.11. The standard InChI is InChI=1S/C9H15N3/c1-2-3-8(6-10)9-7-11-4-5-12-9/h4-5,7-8H,2-3,6,10H2,1H3/t8-/m1/s1. The number of nitrogens with zero attached hydrogens (tertiary/aromatic N) is 2. The zero-order valence-electron chi connectivity index (χ0n) is 7.40. The largest absolute Gasteiger partial charge is 0.330 e. The Bertz CT molecular complexity index is 210. The highest BCUT2D eigenvalue weighted by molar-refractivity contribution is 5.03. The molecule has 2 N–H and O–H groups in total. The maximum Gasteiger partial charge on any atom is 0.0630 e. The van der Waals surface area contributed by atoms with Gasteiger partial charge in [-0.3, -0.25) is 9.97 Å². The van der Waals surface area contributed by atoms with Crippen molar-refractivity contribution in [3.8, 4) is 0 Å². The molecular formula is C9H15N3. The minimum absolute atomic E-state index is 0.378. The second-order valence-electron chi connectivity index (χ2n) is 2.85. The summed E-state index contributed by atoms with van der Waals surface area (Å²) in [6.45, 7) is 2.81. The number of hydrogen-bond acceptors (Lipinski definition) is 3. The molecule has 0 spiro atoms. The molecule has 1 heterocycles. The lowest BCUT2D eigenvalue weighted by Crippen LogP contribution is -2.13. The lowest BCUT2D eigenvalue weighted by molar-refractivity contribution is 0.604. The lowest BCUT2D eigenvalue weighted by atomic mass is 10.0. The van der Waals surface area contributed by atoms with E-state index in [0.29, 0.717) is 12.5 Å². The summed E-state index contributed by atoms with van der Waals surface area (Å²) >= 11 is 0. The fraction of sp³-hybridized carbons (Fsp3) is 0.556. The molecular weight excluding hydrogens is 150 g/mol. The van der Waals surface area contributed by atoms with Crippen LogP contribution in [0.3, 0.4) is 0 Å². The van der Waals surface area contributed by atoms with Gasteiger partial charge in [0, 0.05) is 31.1 Å². The molecule has 1 aromatic rings. The van der Waals surface area contributed by atoms with E-state index < -0.39 is 0 Å². The Morgan fingerprint density at radius 3 is 2.83 bits per heavy atom. The maximum absolute atomic E-state index is 5.62. The molecule has 3 nitrogen and oxygen atoms in total. The molecule has 1 rings (SSSR count). The Kier molecular flexibility index (Phi) is 3.67. The summed E-state index contributed by atoms with van der Waals surface area (Å²) in [6, 6.07) is 0. The zero-order chi connectivity index (χ0) is 8.81. The predicted molar refractivity (Wildman–Crippen MR) is 48.7 cm³/mol. The molecule has 3 heteroatoms.